The fraction of sp³-hybridized carbons (Fsp3) is 0.0909. The maximum atomic E-state index is 12.3. The van der Waals surface area contributed by atoms with Crippen LogP contribution in [0.2, 0.25) is 0 Å². The molecule has 10 nitrogen and oxygen atoms in total. The maximum absolute atomic E-state index is 12.3. The highest BCUT2D eigenvalue weighted by Gasteiger charge is 2.30. The van der Waals surface area contributed by atoms with Crippen molar-refractivity contribution >= 4 is 28.0 Å². The van der Waals surface area contributed by atoms with Gasteiger partial charge in [-0.25, -0.2) is 9.97 Å². The third-order valence-corrected chi connectivity index (χ3v) is 5.59. The number of aromatic hydroxyl groups is 1. The summed E-state index contributed by atoms with van der Waals surface area (Å²) in [6, 6.07) is 12.0. The largest absolute Gasteiger partial charge is 0.508 e. The average Bonchev–Trinajstić information content (AvgIpc) is 3.48. The number of rotatable bonds is 3. The average molecular weight is 428 g/mol. The van der Waals surface area contributed by atoms with E-state index >= 15 is 0 Å². The predicted molar refractivity (Wildman–Crippen MR) is 115 cm³/mol. The number of imidazole rings is 1. The number of H-pyrrole nitrogens is 2. The molecule has 0 spiro atoms. The molecule has 0 saturated carbocycles. The highest BCUT2D eigenvalue weighted by atomic mass is 16.5. The normalized spacial score (nSPS) is 15.3. The second-order valence-corrected chi connectivity index (χ2v) is 7.44. The van der Waals surface area contributed by atoms with Crippen LogP contribution in [0.15, 0.2) is 42.5 Å². The number of aliphatic hydroxyl groups is 1. The van der Waals surface area contributed by atoms with Crippen molar-refractivity contribution in [3.05, 3.63) is 53.6 Å². The molecular formula is C22H16N6O4. The molecule has 1 amide bonds. The van der Waals surface area contributed by atoms with Gasteiger partial charge in [-0.3, -0.25) is 9.89 Å². The summed E-state index contributed by atoms with van der Waals surface area (Å²) in [5.41, 5.74) is 4.48. The Kier molecular flexibility index (Phi) is 3.74. The number of methoxy groups -OCH3 is 1. The summed E-state index contributed by atoms with van der Waals surface area (Å²) < 4.78 is 5.36. The summed E-state index contributed by atoms with van der Waals surface area (Å²) in [6.45, 7) is 0. The topological polar surface area (TPSA) is 149 Å². The fourth-order valence-corrected chi connectivity index (χ4v) is 4.07. The number of aliphatic hydroxyl groups excluding tert-OH is 1. The van der Waals surface area contributed by atoms with Crippen molar-refractivity contribution in [2.75, 3.05) is 7.11 Å². The Balaban J connectivity index is 1.47. The summed E-state index contributed by atoms with van der Waals surface area (Å²) in [5, 5.41) is 30.2. The number of phenols is 1. The number of ether oxygens (including phenoxy) is 1. The lowest BCUT2D eigenvalue weighted by molar-refractivity contribution is 0.0851. The quantitative estimate of drug-likeness (QED) is 0.296. The van der Waals surface area contributed by atoms with Gasteiger partial charge >= 0.3 is 0 Å². The number of amides is 1. The number of aromatic nitrogens is 5. The van der Waals surface area contributed by atoms with Crippen LogP contribution in [-0.2, 0) is 0 Å². The molecule has 1 unspecified atom stereocenters. The molecule has 0 radical (unpaired) electrons. The molecular weight excluding hydrogens is 412 g/mol. The van der Waals surface area contributed by atoms with Crippen LogP contribution in [-0.4, -0.2) is 48.4 Å². The van der Waals surface area contributed by atoms with Crippen LogP contribution in [0.1, 0.15) is 22.1 Å². The summed E-state index contributed by atoms with van der Waals surface area (Å²) >= 11 is 0. The van der Waals surface area contributed by atoms with Gasteiger partial charge in [-0.15, -0.1) is 0 Å². The van der Waals surface area contributed by atoms with E-state index in [0.717, 1.165) is 10.9 Å². The SMILES string of the molecule is COc1cc(O)ccc1-c1ccc2c(-c3nc4c5c(ccc4[nH]3)C(O)NC5=O)[nH]nc2n1. The van der Waals surface area contributed by atoms with Crippen LogP contribution in [0.4, 0.5) is 0 Å². The van der Waals surface area contributed by atoms with Crippen molar-refractivity contribution in [2.45, 2.75) is 6.23 Å². The summed E-state index contributed by atoms with van der Waals surface area (Å²) in [5.74, 6) is 0.743. The van der Waals surface area contributed by atoms with Gasteiger partial charge in [0.1, 0.15) is 22.7 Å². The molecule has 0 saturated heterocycles. The van der Waals surface area contributed by atoms with E-state index < -0.39 is 6.23 Å². The second kappa shape index (κ2) is 6.53. The molecule has 5 aromatic rings. The first-order valence-corrected chi connectivity index (χ1v) is 9.78. The molecule has 1 aliphatic heterocycles. The molecule has 5 N–H and O–H groups in total. The van der Waals surface area contributed by atoms with Crippen molar-refractivity contribution in [2.24, 2.45) is 0 Å². The van der Waals surface area contributed by atoms with E-state index in [1.165, 1.54) is 13.2 Å². The van der Waals surface area contributed by atoms with E-state index in [9.17, 15) is 15.0 Å². The smallest absolute Gasteiger partial charge is 0.256 e. The van der Waals surface area contributed by atoms with E-state index in [2.05, 4.69) is 30.5 Å². The molecule has 10 heteroatoms. The fourth-order valence-electron chi connectivity index (χ4n) is 4.07. The minimum Gasteiger partial charge on any atom is -0.508 e. The van der Waals surface area contributed by atoms with Crippen LogP contribution >= 0.6 is 0 Å². The van der Waals surface area contributed by atoms with Gasteiger partial charge in [0.05, 0.1) is 23.9 Å². The third-order valence-electron chi connectivity index (χ3n) is 5.59. The zero-order valence-electron chi connectivity index (χ0n) is 16.7. The standard InChI is InChI=1S/C22H16N6O4/c1-32-15-8-9(29)2-3-10(15)13-6-5-12-17(27-28-19(12)23-13)20-24-14-7-4-11-16(18(14)25-20)22(31)26-21(11)30/h2-8,21,29-30H,1H3,(H,24,25)(H,26,31)(H,23,27,28). The maximum Gasteiger partial charge on any atom is 0.256 e. The van der Waals surface area contributed by atoms with Gasteiger partial charge in [-0.05, 0) is 30.3 Å². The zero-order chi connectivity index (χ0) is 22.0. The zero-order valence-corrected chi connectivity index (χ0v) is 16.7. The van der Waals surface area contributed by atoms with Gasteiger partial charge in [-0.2, -0.15) is 5.10 Å². The number of hydrogen-bond donors (Lipinski definition) is 5. The molecule has 158 valence electrons. The van der Waals surface area contributed by atoms with E-state index in [1.807, 2.05) is 12.1 Å². The van der Waals surface area contributed by atoms with Gasteiger partial charge < -0.3 is 25.3 Å². The second-order valence-electron chi connectivity index (χ2n) is 7.44. The van der Waals surface area contributed by atoms with Crippen molar-refractivity contribution in [3.8, 4) is 34.3 Å². The minimum absolute atomic E-state index is 0.103. The molecule has 4 heterocycles. The number of aromatic amines is 2. The van der Waals surface area contributed by atoms with Gasteiger partial charge in [0, 0.05) is 22.6 Å². The Morgan fingerprint density at radius 1 is 1.09 bits per heavy atom. The van der Waals surface area contributed by atoms with Crippen LogP contribution in [0.25, 0.3) is 44.8 Å². The highest BCUT2D eigenvalue weighted by Crippen LogP contribution is 2.35. The predicted octanol–water partition coefficient (Wildman–Crippen LogP) is 2.62. The van der Waals surface area contributed by atoms with Gasteiger partial charge in [0.2, 0.25) is 0 Å². The van der Waals surface area contributed by atoms with E-state index in [4.69, 9.17) is 4.74 Å². The lowest BCUT2D eigenvalue weighted by Crippen LogP contribution is -2.18. The van der Waals surface area contributed by atoms with Crippen LogP contribution in [0, 0.1) is 0 Å². The number of pyridine rings is 1. The van der Waals surface area contributed by atoms with Crippen LogP contribution < -0.4 is 10.1 Å². The Bertz CT molecular complexity index is 1550. The molecule has 6 rings (SSSR count). The van der Waals surface area contributed by atoms with Crippen LogP contribution in [0.5, 0.6) is 11.5 Å². The Hall–Kier alpha value is -4.44. The van der Waals surface area contributed by atoms with Gasteiger partial charge in [0.15, 0.2) is 17.7 Å². The number of phenolic OH excluding ortho intramolecular Hbond substituents is 1. The van der Waals surface area contributed by atoms with E-state index in [-0.39, 0.29) is 11.7 Å². The van der Waals surface area contributed by atoms with Gasteiger partial charge in [0.25, 0.3) is 5.91 Å². The molecule has 0 bridgehead atoms. The Morgan fingerprint density at radius 2 is 1.97 bits per heavy atom. The molecule has 0 fully saturated rings. The first kappa shape index (κ1) is 18.3. The molecule has 1 atom stereocenters. The van der Waals surface area contributed by atoms with E-state index in [0.29, 0.717) is 50.8 Å². The van der Waals surface area contributed by atoms with Gasteiger partial charge in [-0.1, -0.05) is 6.07 Å². The highest BCUT2D eigenvalue weighted by molar-refractivity contribution is 6.09. The Morgan fingerprint density at radius 3 is 2.81 bits per heavy atom. The lowest BCUT2D eigenvalue weighted by atomic mass is 10.1. The van der Waals surface area contributed by atoms with Crippen molar-refractivity contribution in [1.29, 1.82) is 0 Å². The molecule has 32 heavy (non-hydrogen) atoms. The van der Waals surface area contributed by atoms with Crippen molar-refractivity contribution < 1.29 is 19.7 Å². The number of nitrogens with zero attached hydrogens (tertiary/aromatic N) is 3. The van der Waals surface area contributed by atoms with Crippen molar-refractivity contribution in [1.82, 2.24) is 30.5 Å². The monoisotopic (exact) mass is 428 g/mol. The van der Waals surface area contributed by atoms with Crippen LogP contribution in [0.3, 0.4) is 0 Å². The minimum atomic E-state index is -1.03. The molecule has 1 aliphatic rings. The number of nitrogens with one attached hydrogen (secondary N) is 3. The van der Waals surface area contributed by atoms with Crippen molar-refractivity contribution in [3.63, 3.8) is 0 Å². The lowest BCUT2D eigenvalue weighted by Gasteiger charge is -2.08. The number of benzene rings is 2. The summed E-state index contributed by atoms with van der Waals surface area (Å²) in [4.78, 5) is 24.7. The molecule has 0 aliphatic carbocycles. The number of fused-ring (bicyclic) bond motifs is 4. The number of carbonyl (C=O) groups excluding carboxylic acids is 1. The first-order valence-electron chi connectivity index (χ1n) is 9.78. The molecule has 3 aromatic heterocycles. The number of hydrogen-bond acceptors (Lipinski definition) is 7. The Labute approximate surface area is 179 Å². The summed E-state index contributed by atoms with van der Waals surface area (Å²) in [6.07, 6.45) is -1.03. The van der Waals surface area contributed by atoms with E-state index in [1.54, 1.807) is 24.3 Å². The third kappa shape index (κ3) is 2.56. The summed E-state index contributed by atoms with van der Waals surface area (Å²) in [7, 11) is 1.53. The first-order chi connectivity index (χ1) is 15.5. The molecule has 2 aromatic carbocycles. The number of carbonyl (C=O) groups is 1.